The van der Waals surface area contributed by atoms with Crippen molar-refractivity contribution >= 4 is 41.3 Å². The Morgan fingerprint density at radius 1 is 1.52 bits per heavy atom. The summed E-state index contributed by atoms with van der Waals surface area (Å²) in [5.74, 6) is 1.52. The van der Waals surface area contributed by atoms with Crippen LogP contribution in [0.3, 0.4) is 0 Å². The molecule has 0 aliphatic rings. The first-order valence-corrected chi connectivity index (χ1v) is 8.98. The summed E-state index contributed by atoms with van der Waals surface area (Å²) in [5.41, 5.74) is 2.77. The van der Waals surface area contributed by atoms with Gasteiger partial charge < -0.3 is 10.4 Å². The minimum absolute atomic E-state index is 0.569. The van der Waals surface area contributed by atoms with Crippen LogP contribution in [-0.2, 0) is 0 Å². The molecule has 1 atom stereocenters. The van der Waals surface area contributed by atoms with E-state index in [4.69, 9.17) is 0 Å². The zero-order valence-corrected chi connectivity index (χ0v) is 15.0. The molecular formula is C16H20N4OS2. The van der Waals surface area contributed by atoms with Crippen LogP contribution in [0.5, 0.6) is 0 Å². The molecule has 0 aliphatic heterocycles. The van der Waals surface area contributed by atoms with Gasteiger partial charge >= 0.3 is 0 Å². The number of aliphatic hydroxyl groups excluding tert-OH is 1. The van der Waals surface area contributed by atoms with E-state index >= 15 is 0 Å². The molecule has 0 aliphatic carbocycles. The van der Waals surface area contributed by atoms with Gasteiger partial charge in [-0.05, 0) is 44.5 Å². The van der Waals surface area contributed by atoms with Crippen molar-refractivity contribution < 1.29 is 5.11 Å². The lowest BCUT2D eigenvalue weighted by Gasteiger charge is -2.04. The summed E-state index contributed by atoms with van der Waals surface area (Å²) >= 11 is 3.02. The Balaban J connectivity index is 1.99. The van der Waals surface area contributed by atoms with Crippen molar-refractivity contribution in [2.75, 3.05) is 11.2 Å². The third-order valence-corrected chi connectivity index (χ3v) is 5.07. The molecule has 0 fully saturated rings. The Bertz CT molecular complexity index is 693. The van der Waals surface area contributed by atoms with E-state index in [0.29, 0.717) is 10.9 Å². The number of hydrogen-bond acceptors (Lipinski definition) is 7. The fourth-order valence-electron chi connectivity index (χ4n) is 1.80. The topological polar surface area (TPSA) is 70.4 Å². The number of hydrogen-bond donors (Lipinski definition) is 2. The van der Waals surface area contributed by atoms with Gasteiger partial charge in [-0.1, -0.05) is 6.07 Å². The molecule has 2 heterocycles. The monoisotopic (exact) mass is 348 g/mol. The molecule has 0 saturated heterocycles. The summed E-state index contributed by atoms with van der Waals surface area (Å²) in [6, 6.07) is 3.97. The number of aliphatic imine (C=N–C) groups is 1. The number of aromatic nitrogens is 2. The van der Waals surface area contributed by atoms with Crippen LogP contribution in [0.1, 0.15) is 34.2 Å². The molecule has 1 unspecified atom stereocenters. The number of pyridine rings is 1. The summed E-state index contributed by atoms with van der Waals surface area (Å²) < 4.78 is 0. The molecule has 2 N–H and O–H groups in total. The Labute approximate surface area is 144 Å². The van der Waals surface area contributed by atoms with E-state index in [0.717, 1.165) is 27.6 Å². The van der Waals surface area contributed by atoms with Crippen molar-refractivity contribution in [2.24, 2.45) is 4.99 Å². The second-order valence-electron chi connectivity index (χ2n) is 5.01. The molecule has 23 heavy (non-hydrogen) atoms. The standard InChI is InChI=1S/C16H20N4OS2/c1-10-5-6-14(18-7-10)19-9-22-8-13(17-4)15-11(2)20-16(23-15)12(3)21/h5-8,12,21H,4,9H2,1-3H3,(H,18,19)/b13-8-. The maximum atomic E-state index is 9.64. The van der Waals surface area contributed by atoms with E-state index in [9.17, 15) is 5.11 Å². The van der Waals surface area contributed by atoms with Gasteiger partial charge in [-0.25, -0.2) is 9.97 Å². The highest BCUT2D eigenvalue weighted by molar-refractivity contribution is 8.02. The average molecular weight is 348 g/mol. The smallest absolute Gasteiger partial charge is 0.126 e. The molecule has 0 saturated carbocycles. The van der Waals surface area contributed by atoms with Crippen LogP contribution >= 0.6 is 23.1 Å². The second-order valence-corrected chi connectivity index (χ2v) is 6.90. The lowest BCUT2D eigenvalue weighted by atomic mass is 10.3. The van der Waals surface area contributed by atoms with Gasteiger partial charge in [0.25, 0.3) is 0 Å². The van der Waals surface area contributed by atoms with Gasteiger partial charge in [0.1, 0.15) is 16.9 Å². The summed E-state index contributed by atoms with van der Waals surface area (Å²) in [6.07, 6.45) is 1.26. The summed E-state index contributed by atoms with van der Waals surface area (Å²) in [4.78, 5) is 13.7. The van der Waals surface area contributed by atoms with E-state index in [1.807, 2.05) is 37.6 Å². The highest BCUT2D eigenvalue weighted by atomic mass is 32.2. The van der Waals surface area contributed by atoms with Gasteiger partial charge in [0, 0.05) is 6.20 Å². The Morgan fingerprint density at radius 2 is 2.30 bits per heavy atom. The minimum atomic E-state index is -0.569. The number of nitrogens with one attached hydrogen (secondary N) is 1. The Hall–Kier alpha value is -1.70. The minimum Gasteiger partial charge on any atom is -0.386 e. The van der Waals surface area contributed by atoms with Crippen LogP contribution in [-0.4, -0.2) is 27.7 Å². The zero-order valence-electron chi connectivity index (χ0n) is 13.4. The normalized spacial score (nSPS) is 13.0. The quantitative estimate of drug-likeness (QED) is 0.449. The van der Waals surface area contributed by atoms with Crippen molar-refractivity contribution in [2.45, 2.75) is 26.9 Å². The number of thioether (sulfide) groups is 1. The molecule has 2 aromatic rings. The van der Waals surface area contributed by atoms with E-state index in [1.54, 1.807) is 18.7 Å². The van der Waals surface area contributed by atoms with Crippen molar-refractivity contribution in [3.63, 3.8) is 0 Å². The third kappa shape index (κ3) is 4.89. The largest absolute Gasteiger partial charge is 0.386 e. The molecular weight excluding hydrogens is 328 g/mol. The zero-order chi connectivity index (χ0) is 16.8. The van der Waals surface area contributed by atoms with Crippen LogP contribution in [0.4, 0.5) is 5.82 Å². The van der Waals surface area contributed by atoms with Gasteiger partial charge in [0.05, 0.1) is 22.1 Å². The number of anilines is 1. The Kier molecular flexibility index (Phi) is 6.32. The molecule has 0 spiro atoms. The molecule has 5 nitrogen and oxygen atoms in total. The Morgan fingerprint density at radius 3 is 2.87 bits per heavy atom. The highest BCUT2D eigenvalue weighted by Crippen LogP contribution is 2.31. The molecule has 2 aromatic heterocycles. The predicted octanol–water partition coefficient (Wildman–Crippen LogP) is 4.01. The summed E-state index contributed by atoms with van der Waals surface area (Å²) in [5, 5.41) is 15.5. The van der Waals surface area contributed by atoms with E-state index in [-0.39, 0.29) is 0 Å². The molecule has 0 amide bonds. The molecule has 0 aromatic carbocycles. The predicted molar refractivity (Wildman–Crippen MR) is 100 cm³/mol. The van der Waals surface area contributed by atoms with Crippen molar-refractivity contribution in [3.8, 4) is 0 Å². The van der Waals surface area contributed by atoms with E-state index in [2.05, 4.69) is 27.0 Å². The number of rotatable bonds is 7. The summed E-state index contributed by atoms with van der Waals surface area (Å²) in [7, 11) is 0. The molecule has 0 radical (unpaired) electrons. The van der Waals surface area contributed by atoms with Crippen molar-refractivity contribution in [1.29, 1.82) is 0 Å². The summed E-state index contributed by atoms with van der Waals surface area (Å²) in [6.45, 7) is 9.26. The van der Waals surface area contributed by atoms with Gasteiger partial charge in [0.15, 0.2) is 0 Å². The fraction of sp³-hybridized carbons (Fsp3) is 0.312. The second kappa shape index (κ2) is 8.24. The average Bonchev–Trinajstić information content (AvgIpc) is 2.91. The van der Waals surface area contributed by atoms with Crippen molar-refractivity contribution in [1.82, 2.24) is 9.97 Å². The number of thiazole rings is 1. The lowest BCUT2D eigenvalue weighted by Crippen LogP contribution is -1.98. The fourth-order valence-corrected chi connectivity index (χ4v) is 3.53. The first-order chi connectivity index (χ1) is 11.0. The van der Waals surface area contributed by atoms with Gasteiger partial charge in [-0.2, -0.15) is 0 Å². The van der Waals surface area contributed by atoms with Gasteiger partial charge in [0.2, 0.25) is 0 Å². The number of aryl methyl sites for hydroxylation is 2. The molecule has 122 valence electrons. The number of aliphatic hydroxyl groups is 1. The SMILES string of the molecule is C=N/C(=C\SCNc1ccc(C)cn1)c1sc(C(C)O)nc1C. The molecule has 0 bridgehead atoms. The van der Waals surface area contributed by atoms with E-state index < -0.39 is 6.10 Å². The van der Waals surface area contributed by atoms with Crippen molar-refractivity contribution in [3.05, 3.63) is 44.9 Å². The first kappa shape index (κ1) is 17.7. The lowest BCUT2D eigenvalue weighted by molar-refractivity contribution is 0.198. The van der Waals surface area contributed by atoms with E-state index in [1.165, 1.54) is 11.3 Å². The van der Waals surface area contributed by atoms with Crippen LogP contribution < -0.4 is 5.32 Å². The van der Waals surface area contributed by atoms with Crippen LogP contribution in [0.25, 0.3) is 5.70 Å². The molecule has 2 rings (SSSR count). The van der Waals surface area contributed by atoms with Gasteiger partial charge in [-0.3, -0.25) is 4.99 Å². The number of nitrogens with zero attached hydrogens (tertiary/aromatic N) is 3. The highest BCUT2D eigenvalue weighted by Gasteiger charge is 2.14. The first-order valence-electron chi connectivity index (χ1n) is 7.12. The third-order valence-electron chi connectivity index (χ3n) is 3.02. The maximum Gasteiger partial charge on any atom is 0.126 e. The van der Waals surface area contributed by atoms with Gasteiger partial charge in [-0.15, -0.1) is 23.1 Å². The van der Waals surface area contributed by atoms with Crippen LogP contribution in [0.2, 0.25) is 0 Å². The maximum absolute atomic E-state index is 9.64. The van der Waals surface area contributed by atoms with Crippen LogP contribution in [0.15, 0.2) is 28.7 Å². The van der Waals surface area contributed by atoms with Crippen LogP contribution in [0, 0.1) is 13.8 Å². The molecule has 7 heteroatoms.